The van der Waals surface area contributed by atoms with Gasteiger partial charge in [0.1, 0.15) is 5.75 Å². The van der Waals surface area contributed by atoms with Crippen LogP contribution in [0.25, 0.3) is 0 Å². The van der Waals surface area contributed by atoms with Crippen LogP contribution in [0.1, 0.15) is 24.5 Å². The summed E-state index contributed by atoms with van der Waals surface area (Å²) in [7, 11) is 0. The average Bonchev–Trinajstić information content (AvgIpc) is 2.70. The number of benzene rings is 2. The summed E-state index contributed by atoms with van der Waals surface area (Å²) in [5, 5.41) is 2.74. The van der Waals surface area contributed by atoms with Crippen molar-refractivity contribution in [3.05, 3.63) is 59.7 Å². The maximum Gasteiger partial charge on any atom is 0.416 e. The van der Waals surface area contributed by atoms with Gasteiger partial charge in [-0.1, -0.05) is 37.3 Å². The number of halogens is 3. The molecule has 1 aliphatic heterocycles. The van der Waals surface area contributed by atoms with E-state index in [9.17, 15) is 22.8 Å². The Morgan fingerprint density at radius 1 is 1.17 bits per heavy atom. The van der Waals surface area contributed by atoms with Crippen LogP contribution in [0.2, 0.25) is 0 Å². The zero-order valence-corrected chi connectivity index (χ0v) is 15.8. The smallest absolute Gasteiger partial charge is 0.416 e. The Hall–Kier alpha value is -3.03. The average molecular weight is 406 g/mol. The first-order valence-corrected chi connectivity index (χ1v) is 9.29. The SMILES string of the molecule is CCCNC(=O)[C@H]1CN(C(=O)Cc2cccc(C(F)(F)F)c2)c2ccccc2O1. The summed E-state index contributed by atoms with van der Waals surface area (Å²) in [6, 6.07) is 11.5. The van der Waals surface area contributed by atoms with Gasteiger partial charge < -0.3 is 15.0 Å². The normalized spacial score (nSPS) is 16.0. The highest BCUT2D eigenvalue weighted by atomic mass is 19.4. The molecular weight excluding hydrogens is 385 g/mol. The number of para-hydroxylation sites is 2. The number of alkyl halides is 3. The van der Waals surface area contributed by atoms with Crippen molar-refractivity contribution in [2.45, 2.75) is 32.0 Å². The second-order valence-electron chi connectivity index (χ2n) is 6.74. The largest absolute Gasteiger partial charge is 0.477 e. The van der Waals surface area contributed by atoms with Crippen molar-refractivity contribution >= 4 is 17.5 Å². The second-order valence-corrected chi connectivity index (χ2v) is 6.74. The lowest BCUT2D eigenvalue weighted by atomic mass is 10.1. The molecule has 154 valence electrons. The Morgan fingerprint density at radius 3 is 2.66 bits per heavy atom. The van der Waals surface area contributed by atoms with Crippen LogP contribution >= 0.6 is 0 Å². The van der Waals surface area contributed by atoms with E-state index in [0.29, 0.717) is 18.0 Å². The van der Waals surface area contributed by atoms with E-state index in [0.717, 1.165) is 18.6 Å². The number of hydrogen-bond acceptors (Lipinski definition) is 3. The molecule has 1 aliphatic rings. The van der Waals surface area contributed by atoms with Crippen LogP contribution < -0.4 is 15.0 Å². The maximum absolute atomic E-state index is 12.9. The zero-order chi connectivity index (χ0) is 21.0. The van der Waals surface area contributed by atoms with E-state index in [4.69, 9.17) is 4.74 Å². The van der Waals surface area contributed by atoms with Gasteiger partial charge in [-0.15, -0.1) is 0 Å². The van der Waals surface area contributed by atoms with Crippen LogP contribution in [0.4, 0.5) is 18.9 Å². The number of anilines is 1. The number of hydrogen-bond donors (Lipinski definition) is 1. The van der Waals surface area contributed by atoms with Gasteiger partial charge in [0.25, 0.3) is 5.91 Å². The molecule has 8 heteroatoms. The number of nitrogens with zero attached hydrogens (tertiary/aromatic N) is 1. The van der Waals surface area contributed by atoms with Gasteiger partial charge in [0.2, 0.25) is 5.91 Å². The van der Waals surface area contributed by atoms with Crippen molar-refractivity contribution in [2.75, 3.05) is 18.0 Å². The van der Waals surface area contributed by atoms with Gasteiger partial charge in [-0.2, -0.15) is 13.2 Å². The van der Waals surface area contributed by atoms with Crippen LogP contribution in [-0.2, 0) is 22.2 Å². The van der Waals surface area contributed by atoms with E-state index in [1.54, 1.807) is 24.3 Å². The minimum Gasteiger partial charge on any atom is -0.477 e. The predicted octanol–water partition coefficient (Wildman–Crippen LogP) is 3.57. The number of carbonyl (C=O) groups excluding carboxylic acids is 2. The lowest BCUT2D eigenvalue weighted by molar-refractivity contribution is -0.137. The van der Waals surface area contributed by atoms with Crippen LogP contribution in [0.15, 0.2) is 48.5 Å². The standard InChI is InChI=1S/C21H21F3N2O3/c1-2-10-25-20(28)18-13-26(16-8-3-4-9-17(16)29-18)19(27)12-14-6-5-7-15(11-14)21(22,23)24/h3-9,11,18H,2,10,12-13H2,1H3,(H,25,28)/t18-/m1/s1. The summed E-state index contributed by atoms with van der Waals surface area (Å²) in [4.78, 5) is 26.7. The predicted molar refractivity (Wildman–Crippen MR) is 102 cm³/mol. The maximum atomic E-state index is 12.9. The second kappa shape index (κ2) is 8.55. The van der Waals surface area contributed by atoms with E-state index in [1.165, 1.54) is 17.0 Å². The van der Waals surface area contributed by atoms with E-state index in [-0.39, 0.29) is 24.4 Å². The number of nitrogens with one attached hydrogen (secondary N) is 1. The summed E-state index contributed by atoms with van der Waals surface area (Å²) >= 11 is 0. The molecule has 0 aromatic heterocycles. The molecule has 0 saturated heterocycles. The molecule has 1 atom stereocenters. The van der Waals surface area contributed by atoms with E-state index >= 15 is 0 Å². The first-order chi connectivity index (χ1) is 13.8. The lowest BCUT2D eigenvalue weighted by Gasteiger charge is -2.34. The molecule has 0 aliphatic carbocycles. The lowest BCUT2D eigenvalue weighted by Crippen LogP contribution is -2.51. The molecule has 2 amide bonds. The van der Waals surface area contributed by atoms with Gasteiger partial charge in [-0.25, -0.2) is 0 Å². The van der Waals surface area contributed by atoms with E-state index in [2.05, 4.69) is 5.32 Å². The van der Waals surface area contributed by atoms with Gasteiger partial charge >= 0.3 is 6.18 Å². The monoisotopic (exact) mass is 406 g/mol. The zero-order valence-electron chi connectivity index (χ0n) is 15.8. The first-order valence-electron chi connectivity index (χ1n) is 9.29. The van der Waals surface area contributed by atoms with Gasteiger partial charge in [0.05, 0.1) is 24.2 Å². The van der Waals surface area contributed by atoms with Crippen molar-refractivity contribution in [1.29, 1.82) is 0 Å². The molecule has 2 aromatic carbocycles. The van der Waals surface area contributed by atoms with Crippen molar-refractivity contribution in [1.82, 2.24) is 5.32 Å². The molecule has 0 radical (unpaired) electrons. The Balaban J connectivity index is 1.82. The Bertz CT molecular complexity index is 899. The van der Waals surface area contributed by atoms with Crippen molar-refractivity contribution in [3.8, 4) is 5.75 Å². The van der Waals surface area contributed by atoms with Crippen molar-refractivity contribution in [3.63, 3.8) is 0 Å². The Labute approximate surface area is 166 Å². The van der Waals surface area contributed by atoms with Crippen molar-refractivity contribution < 1.29 is 27.5 Å². The first kappa shape index (κ1) is 20.7. The highest BCUT2D eigenvalue weighted by Gasteiger charge is 2.34. The molecule has 3 rings (SSSR count). The van der Waals surface area contributed by atoms with Gasteiger partial charge in [-0.05, 0) is 30.2 Å². The quantitative estimate of drug-likeness (QED) is 0.826. The summed E-state index contributed by atoms with van der Waals surface area (Å²) in [6.45, 7) is 2.39. The summed E-state index contributed by atoms with van der Waals surface area (Å²) < 4.78 is 44.6. The number of carbonyl (C=O) groups is 2. The minimum absolute atomic E-state index is 0.00957. The number of amides is 2. The third-order valence-corrected chi connectivity index (χ3v) is 4.53. The molecule has 2 aromatic rings. The molecule has 0 spiro atoms. The highest BCUT2D eigenvalue weighted by Crippen LogP contribution is 2.34. The summed E-state index contributed by atoms with van der Waals surface area (Å²) in [5.41, 5.74) is -0.0632. The third-order valence-electron chi connectivity index (χ3n) is 4.53. The molecule has 1 N–H and O–H groups in total. The van der Waals surface area contributed by atoms with Gasteiger partial charge in [-0.3, -0.25) is 9.59 Å². The molecule has 5 nitrogen and oxygen atoms in total. The van der Waals surface area contributed by atoms with Gasteiger partial charge in [0, 0.05) is 6.54 Å². The van der Waals surface area contributed by atoms with Crippen molar-refractivity contribution in [2.24, 2.45) is 0 Å². The molecular formula is C21H21F3N2O3. The molecule has 29 heavy (non-hydrogen) atoms. The topological polar surface area (TPSA) is 58.6 Å². The fraction of sp³-hybridized carbons (Fsp3) is 0.333. The molecule has 1 heterocycles. The van der Waals surface area contributed by atoms with Gasteiger partial charge in [0.15, 0.2) is 6.10 Å². The number of ether oxygens (including phenoxy) is 1. The van der Waals surface area contributed by atoms with Crippen LogP contribution in [-0.4, -0.2) is 31.0 Å². The summed E-state index contributed by atoms with van der Waals surface area (Å²) in [5.74, 6) is -0.362. The van der Waals surface area contributed by atoms with Crippen LogP contribution in [0, 0.1) is 0 Å². The minimum atomic E-state index is -4.48. The fourth-order valence-electron chi connectivity index (χ4n) is 3.10. The van der Waals surface area contributed by atoms with E-state index < -0.39 is 23.8 Å². The molecule has 0 saturated carbocycles. The summed E-state index contributed by atoms with van der Waals surface area (Å²) in [6.07, 6.45) is -4.83. The Morgan fingerprint density at radius 2 is 1.93 bits per heavy atom. The highest BCUT2D eigenvalue weighted by molar-refractivity contribution is 5.98. The Kier molecular flexibility index (Phi) is 6.10. The van der Waals surface area contributed by atoms with E-state index in [1.807, 2.05) is 6.92 Å². The fourth-order valence-corrected chi connectivity index (χ4v) is 3.10. The number of fused-ring (bicyclic) bond motifs is 1. The third kappa shape index (κ3) is 4.88. The number of rotatable bonds is 5. The van der Waals surface area contributed by atoms with Crippen LogP contribution in [0.3, 0.4) is 0 Å². The van der Waals surface area contributed by atoms with Crippen LogP contribution in [0.5, 0.6) is 5.75 Å². The molecule has 0 bridgehead atoms. The molecule has 0 unspecified atom stereocenters. The molecule has 0 fully saturated rings.